The highest BCUT2D eigenvalue weighted by atomic mass is 19.1. The van der Waals surface area contributed by atoms with Gasteiger partial charge in [0.2, 0.25) is 0 Å². The lowest BCUT2D eigenvalue weighted by molar-refractivity contribution is 0.274. The predicted octanol–water partition coefficient (Wildman–Crippen LogP) is 2.46. The molecule has 1 aliphatic heterocycles. The van der Waals surface area contributed by atoms with Crippen molar-refractivity contribution in [3.63, 3.8) is 0 Å². The van der Waals surface area contributed by atoms with Crippen LogP contribution >= 0.6 is 0 Å². The molecule has 1 aromatic heterocycles. The number of halogens is 1. The Kier molecular flexibility index (Phi) is 2.13. The number of hydrogen-bond acceptors (Lipinski definition) is 2. The monoisotopic (exact) mass is 218 g/mol. The van der Waals surface area contributed by atoms with E-state index in [4.69, 9.17) is 4.74 Å². The molecule has 1 aromatic carbocycles. The number of fused-ring (bicyclic) bond motifs is 1. The van der Waals surface area contributed by atoms with Crippen LogP contribution in [0.4, 0.5) is 4.39 Å². The first-order chi connectivity index (χ1) is 7.84. The second-order valence-electron chi connectivity index (χ2n) is 3.88. The minimum atomic E-state index is -0.260. The van der Waals surface area contributed by atoms with Gasteiger partial charge < -0.3 is 9.72 Å². The first-order valence-corrected chi connectivity index (χ1v) is 5.25. The molecular weight excluding hydrogens is 207 g/mol. The van der Waals surface area contributed by atoms with E-state index in [1.807, 2.05) is 6.20 Å². The maximum absolute atomic E-state index is 13.1. The summed E-state index contributed by atoms with van der Waals surface area (Å²) in [6, 6.07) is 4.70. The summed E-state index contributed by atoms with van der Waals surface area (Å²) in [7, 11) is 0. The van der Waals surface area contributed by atoms with Crippen LogP contribution in [-0.4, -0.2) is 16.6 Å². The number of ether oxygens (including phenoxy) is 1. The van der Waals surface area contributed by atoms with E-state index >= 15 is 0 Å². The quantitative estimate of drug-likeness (QED) is 0.798. The van der Waals surface area contributed by atoms with Crippen molar-refractivity contribution in [1.29, 1.82) is 0 Å². The number of hydrogen-bond donors (Lipinski definition) is 1. The topological polar surface area (TPSA) is 37.9 Å². The fourth-order valence-corrected chi connectivity index (χ4v) is 2.14. The Hall–Kier alpha value is -1.84. The molecule has 0 saturated carbocycles. The molecule has 2 aromatic rings. The molecule has 0 aliphatic carbocycles. The average Bonchev–Trinajstić information content (AvgIpc) is 2.81. The zero-order valence-corrected chi connectivity index (χ0v) is 8.61. The van der Waals surface area contributed by atoms with Gasteiger partial charge in [-0.25, -0.2) is 9.37 Å². The summed E-state index contributed by atoms with van der Waals surface area (Å²) in [6.07, 6.45) is 4.36. The van der Waals surface area contributed by atoms with Gasteiger partial charge in [0.1, 0.15) is 11.6 Å². The van der Waals surface area contributed by atoms with Crippen LogP contribution in [0.1, 0.15) is 23.6 Å². The van der Waals surface area contributed by atoms with E-state index in [0.717, 1.165) is 17.7 Å². The Bertz CT molecular complexity index is 496. The fourth-order valence-electron chi connectivity index (χ4n) is 2.14. The van der Waals surface area contributed by atoms with Crippen LogP contribution in [0.3, 0.4) is 0 Å². The molecule has 0 radical (unpaired) electrons. The number of benzene rings is 1. The molecule has 3 nitrogen and oxygen atoms in total. The summed E-state index contributed by atoms with van der Waals surface area (Å²) in [5.41, 5.74) is 2.08. The molecule has 4 heteroatoms. The predicted molar refractivity (Wildman–Crippen MR) is 56.9 cm³/mol. The summed E-state index contributed by atoms with van der Waals surface area (Å²) in [5, 5.41) is 0. The lowest BCUT2D eigenvalue weighted by Crippen LogP contribution is -2.15. The molecule has 1 N–H and O–H groups in total. The Labute approximate surface area is 92.3 Å². The number of nitrogens with one attached hydrogen (secondary N) is 1. The summed E-state index contributed by atoms with van der Waals surface area (Å²) >= 11 is 0. The smallest absolute Gasteiger partial charge is 0.126 e. The molecule has 0 saturated heterocycles. The molecule has 0 amide bonds. The summed E-state index contributed by atoms with van der Waals surface area (Å²) < 4.78 is 18.5. The van der Waals surface area contributed by atoms with Crippen molar-refractivity contribution < 1.29 is 9.13 Å². The van der Waals surface area contributed by atoms with Crippen LogP contribution in [0.25, 0.3) is 0 Å². The largest absolute Gasteiger partial charge is 0.493 e. The van der Waals surface area contributed by atoms with Crippen molar-refractivity contribution >= 4 is 0 Å². The average molecular weight is 218 g/mol. The summed E-state index contributed by atoms with van der Waals surface area (Å²) in [4.78, 5) is 7.12. The molecule has 1 unspecified atom stereocenters. The van der Waals surface area contributed by atoms with Crippen molar-refractivity contribution in [3.8, 4) is 5.75 Å². The molecule has 0 spiro atoms. The molecule has 16 heavy (non-hydrogen) atoms. The van der Waals surface area contributed by atoms with Gasteiger partial charge in [-0.05, 0) is 12.5 Å². The standard InChI is InChI=1S/C12H11FN2O/c13-8-1-2-10-9(11-6-14-7-15-11)3-4-16-12(10)5-8/h1-2,5-7,9H,3-4H2,(H,14,15). The highest BCUT2D eigenvalue weighted by Crippen LogP contribution is 2.37. The van der Waals surface area contributed by atoms with Gasteiger partial charge in [0.15, 0.2) is 0 Å². The second-order valence-corrected chi connectivity index (χ2v) is 3.88. The number of aromatic amines is 1. The molecular formula is C12H11FN2O. The van der Waals surface area contributed by atoms with Crippen LogP contribution in [-0.2, 0) is 0 Å². The van der Waals surface area contributed by atoms with Gasteiger partial charge in [0.25, 0.3) is 0 Å². The first-order valence-electron chi connectivity index (χ1n) is 5.25. The summed E-state index contributed by atoms with van der Waals surface area (Å²) in [5.74, 6) is 0.613. The van der Waals surface area contributed by atoms with Crippen LogP contribution < -0.4 is 4.74 Å². The highest BCUT2D eigenvalue weighted by molar-refractivity contribution is 5.41. The Balaban J connectivity index is 2.06. The third kappa shape index (κ3) is 1.46. The van der Waals surface area contributed by atoms with Gasteiger partial charge >= 0.3 is 0 Å². The van der Waals surface area contributed by atoms with E-state index in [-0.39, 0.29) is 11.7 Å². The van der Waals surface area contributed by atoms with Gasteiger partial charge in [-0.1, -0.05) is 6.07 Å². The van der Waals surface area contributed by atoms with Crippen molar-refractivity contribution in [1.82, 2.24) is 9.97 Å². The molecule has 0 fully saturated rings. The minimum Gasteiger partial charge on any atom is -0.493 e. The highest BCUT2D eigenvalue weighted by Gasteiger charge is 2.24. The van der Waals surface area contributed by atoms with Gasteiger partial charge in [0.05, 0.1) is 12.9 Å². The van der Waals surface area contributed by atoms with E-state index in [2.05, 4.69) is 9.97 Å². The molecule has 1 aliphatic rings. The number of aromatic nitrogens is 2. The third-order valence-corrected chi connectivity index (χ3v) is 2.91. The van der Waals surface area contributed by atoms with Crippen molar-refractivity contribution in [3.05, 3.63) is 47.8 Å². The van der Waals surface area contributed by atoms with Crippen LogP contribution in [0.2, 0.25) is 0 Å². The first kappa shape index (κ1) is 9.39. The number of imidazole rings is 1. The molecule has 1 atom stereocenters. The Morgan fingerprint density at radius 1 is 1.44 bits per heavy atom. The van der Waals surface area contributed by atoms with E-state index < -0.39 is 0 Å². The van der Waals surface area contributed by atoms with Crippen molar-refractivity contribution in [2.24, 2.45) is 0 Å². The second kappa shape index (κ2) is 3.63. The van der Waals surface area contributed by atoms with Gasteiger partial charge in [0, 0.05) is 29.4 Å². The lowest BCUT2D eigenvalue weighted by atomic mass is 9.91. The van der Waals surface area contributed by atoms with E-state index in [1.165, 1.54) is 12.1 Å². The normalized spacial score (nSPS) is 18.9. The maximum Gasteiger partial charge on any atom is 0.126 e. The molecule has 82 valence electrons. The van der Waals surface area contributed by atoms with Gasteiger partial charge in [-0.2, -0.15) is 0 Å². The summed E-state index contributed by atoms with van der Waals surface area (Å²) in [6.45, 7) is 0.611. The van der Waals surface area contributed by atoms with Crippen molar-refractivity contribution in [2.45, 2.75) is 12.3 Å². The lowest BCUT2D eigenvalue weighted by Gasteiger charge is -2.24. The third-order valence-electron chi connectivity index (χ3n) is 2.91. The Morgan fingerprint density at radius 2 is 2.38 bits per heavy atom. The maximum atomic E-state index is 13.1. The minimum absolute atomic E-state index is 0.229. The Morgan fingerprint density at radius 3 is 3.19 bits per heavy atom. The van der Waals surface area contributed by atoms with E-state index in [9.17, 15) is 4.39 Å². The number of H-pyrrole nitrogens is 1. The SMILES string of the molecule is Fc1ccc2c(c1)OCCC2c1cnc[nH]1. The fraction of sp³-hybridized carbons (Fsp3) is 0.250. The van der Waals surface area contributed by atoms with Crippen LogP contribution in [0.5, 0.6) is 5.75 Å². The number of nitrogens with zero attached hydrogens (tertiary/aromatic N) is 1. The van der Waals surface area contributed by atoms with Crippen LogP contribution in [0, 0.1) is 5.82 Å². The van der Waals surface area contributed by atoms with Crippen LogP contribution in [0.15, 0.2) is 30.7 Å². The molecule has 2 heterocycles. The zero-order valence-electron chi connectivity index (χ0n) is 8.61. The zero-order chi connectivity index (χ0) is 11.0. The number of rotatable bonds is 1. The van der Waals surface area contributed by atoms with Gasteiger partial charge in [-0.3, -0.25) is 0 Å². The molecule has 0 bridgehead atoms. The van der Waals surface area contributed by atoms with Crippen molar-refractivity contribution in [2.75, 3.05) is 6.61 Å². The van der Waals surface area contributed by atoms with E-state index in [0.29, 0.717) is 12.4 Å². The molecule has 3 rings (SSSR count). The van der Waals surface area contributed by atoms with Gasteiger partial charge in [-0.15, -0.1) is 0 Å². The van der Waals surface area contributed by atoms with E-state index in [1.54, 1.807) is 12.4 Å².